The number of benzene rings is 1. The van der Waals surface area contributed by atoms with Gasteiger partial charge in [-0.15, -0.1) is 0 Å². The highest BCUT2D eigenvalue weighted by atomic mass is 16.5. The van der Waals surface area contributed by atoms with Crippen molar-refractivity contribution in [3.8, 4) is 5.75 Å². The number of ether oxygens (including phenoxy) is 1. The van der Waals surface area contributed by atoms with Crippen molar-refractivity contribution in [2.24, 2.45) is 0 Å². The van der Waals surface area contributed by atoms with Crippen molar-refractivity contribution in [1.29, 1.82) is 0 Å². The average molecular weight is 237 g/mol. The van der Waals surface area contributed by atoms with Gasteiger partial charge in [0.15, 0.2) is 0 Å². The van der Waals surface area contributed by atoms with Gasteiger partial charge in [0.25, 0.3) is 0 Å². The van der Waals surface area contributed by atoms with Crippen molar-refractivity contribution in [3.63, 3.8) is 0 Å². The Kier molecular flexibility index (Phi) is 4.97. The molecule has 0 heterocycles. The Morgan fingerprint density at radius 2 is 1.82 bits per heavy atom. The number of aliphatic hydroxyl groups excluding tert-OH is 1. The minimum Gasteiger partial charge on any atom is -0.488 e. The van der Waals surface area contributed by atoms with Gasteiger partial charge in [-0.05, 0) is 45.0 Å². The Hall–Kier alpha value is -1.06. The van der Waals surface area contributed by atoms with Crippen molar-refractivity contribution < 1.29 is 9.84 Å². The number of aliphatic hydroxyl groups is 1. The first-order chi connectivity index (χ1) is 7.96. The van der Waals surface area contributed by atoms with Crippen LogP contribution in [-0.4, -0.2) is 23.9 Å². The van der Waals surface area contributed by atoms with Gasteiger partial charge in [0.05, 0.1) is 12.6 Å². The van der Waals surface area contributed by atoms with Gasteiger partial charge in [0, 0.05) is 0 Å². The maximum absolute atomic E-state index is 9.27. The second kappa shape index (κ2) is 6.03. The molecule has 0 bridgehead atoms. The van der Waals surface area contributed by atoms with Gasteiger partial charge in [-0.25, -0.2) is 0 Å². The molecule has 1 atom stereocenters. The van der Waals surface area contributed by atoms with Gasteiger partial charge in [-0.1, -0.05) is 19.1 Å². The van der Waals surface area contributed by atoms with Gasteiger partial charge in [0.2, 0.25) is 0 Å². The third-order valence-corrected chi connectivity index (χ3v) is 2.34. The average Bonchev–Trinajstić information content (AvgIpc) is 2.25. The number of hydrogen-bond donors (Lipinski definition) is 2. The molecule has 3 nitrogen and oxygen atoms in total. The van der Waals surface area contributed by atoms with Crippen LogP contribution in [0.4, 0.5) is 0 Å². The van der Waals surface area contributed by atoms with Crippen LogP contribution in [0.25, 0.3) is 0 Å². The zero-order valence-electron chi connectivity index (χ0n) is 11.2. The van der Waals surface area contributed by atoms with Gasteiger partial charge >= 0.3 is 0 Å². The molecule has 2 N–H and O–H groups in total. The molecular weight excluding hydrogens is 214 g/mol. The molecule has 0 spiro atoms. The summed E-state index contributed by atoms with van der Waals surface area (Å²) in [6, 6.07) is 7.87. The predicted molar refractivity (Wildman–Crippen MR) is 70.3 cm³/mol. The van der Waals surface area contributed by atoms with Crippen LogP contribution in [0.3, 0.4) is 0 Å². The lowest BCUT2D eigenvalue weighted by Gasteiger charge is -2.22. The van der Waals surface area contributed by atoms with Crippen LogP contribution in [0.5, 0.6) is 5.75 Å². The summed E-state index contributed by atoms with van der Waals surface area (Å²) >= 11 is 0. The van der Waals surface area contributed by atoms with Crippen LogP contribution in [0.2, 0.25) is 0 Å². The fourth-order valence-corrected chi connectivity index (χ4v) is 1.66. The zero-order valence-corrected chi connectivity index (χ0v) is 11.2. The molecule has 0 radical (unpaired) electrons. The Morgan fingerprint density at radius 1 is 1.24 bits per heavy atom. The fourth-order valence-electron chi connectivity index (χ4n) is 1.66. The van der Waals surface area contributed by atoms with Crippen LogP contribution in [0.15, 0.2) is 24.3 Å². The normalized spacial score (nSPS) is 13.5. The van der Waals surface area contributed by atoms with E-state index in [0.717, 1.165) is 17.9 Å². The second-order valence-corrected chi connectivity index (χ2v) is 5.08. The summed E-state index contributed by atoms with van der Waals surface area (Å²) in [5.41, 5.74) is 0.898. The molecule has 0 saturated carbocycles. The number of likely N-dealkylation sites (N-methyl/N-ethyl adjacent to an activating group) is 1. The highest BCUT2D eigenvalue weighted by molar-refractivity contribution is 5.29. The van der Waals surface area contributed by atoms with E-state index in [0.29, 0.717) is 0 Å². The summed E-state index contributed by atoms with van der Waals surface area (Å²) in [4.78, 5) is 0. The minimum absolute atomic E-state index is 0.00341. The molecule has 0 fully saturated rings. The summed E-state index contributed by atoms with van der Waals surface area (Å²) in [5, 5.41) is 12.5. The van der Waals surface area contributed by atoms with E-state index in [1.165, 1.54) is 0 Å². The molecule has 1 aromatic rings. The van der Waals surface area contributed by atoms with Gasteiger partial charge in [-0.3, -0.25) is 0 Å². The third-order valence-electron chi connectivity index (χ3n) is 2.34. The Balaban J connectivity index is 2.73. The summed E-state index contributed by atoms with van der Waals surface area (Å²) in [5.74, 6) is 0.856. The molecule has 96 valence electrons. The van der Waals surface area contributed by atoms with Crippen molar-refractivity contribution in [3.05, 3.63) is 29.8 Å². The minimum atomic E-state index is -0.181. The van der Waals surface area contributed by atoms with E-state index < -0.39 is 0 Å². The molecule has 3 heteroatoms. The topological polar surface area (TPSA) is 41.5 Å². The Bertz CT molecular complexity index is 327. The molecule has 1 aromatic carbocycles. The quantitative estimate of drug-likeness (QED) is 0.826. The third kappa shape index (κ3) is 4.75. The van der Waals surface area contributed by atoms with Crippen LogP contribution < -0.4 is 10.1 Å². The van der Waals surface area contributed by atoms with Gasteiger partial charge in [0.1, 0.15) is 11.4 Å². The van der Waals surface area contributed by atoms with Crippen molar-refractivity contribution in [1.82, 2.24) is 5.32 Å². The van der Waals surface area contributed by atoms with Crippen molar-refractivity contribution in [2.75, 3.05) is 13.2 Å². The second-order valence-electron chi connectivity index (χ2n) is 5.08. The first-order valence-electron chi connectivity index (χ1n) is 6.09. The standard InChI is InChI=1S/C14H23NO2/c1-5-15-13(10-16)11-6-8-12(9-7-11)17-14(2,3)4/h6-9,13,15-16H,5,10H2,1-4H3. The molecule has 0 aliphatic carbocycles. The molecule has 0 aromatic heterocycles. The van der Waals surface area contributed by atoms with Gasteiger partial charge in [-0.2, -0.15) is 0 Å². The summed E-state index contributed by atoms with van der Waals surface area (Å²) < 4.78 is 5.75. The highest BCUT2D eigenvalue weighted by Gasteiger charge is 2.13. The molecule has 1 rings (SSSR count). The van der Waals surface area contributed by atoms with E-state index in [1.54, 1.807) is 0 Å². The van der Waals surface area contributed by atoms with Gasteiger partial charge < -0.3 is 15.2 Å². The Morgan fingerprint density at radius 3 is 2.24 bits per heavy atom. The van der Waals surface area contributed by atoms with Crippen LogP contribution >= 0.6 is 0 Å². The first-order valence-corrected chi connectivity index (χ1v) is 6.09. The molecule has 0 saturated heterocycles. The van der Waals surface area contributed by atoms with Crippen LogP contribution in [0, 0.1) is 0 Å². The lowest BCUT2D eigenvalue weighted by Crippen LogP contribution is -2.24. The maximum atomic E-state index is 9.27. The molecule has 0 amide bonds. The molecular formula is C14H23NO2. The first kappa shape index (κ1) is 14.0. The van der Waals surface area contributed by atoms with E-state index >= 15 is 0 Å². The smallest absolute Gasteiger partial charge is 0.120 e. The lowest BCUT2D eigenvalue weighted by atomic mass is 10.1. The molecule has 0 aliphatic heterocycles. The largest absolute Gasteiger partial charge is 0.488 e. The van der Waals surface area contributed by atoms with Crippen molar-refractivity contribution >= 4 is 0 Å². The summed E-state index contributed by atoms with van der Waals surface area (Å²) in [6.07, 6.45) is 0. The van der Waals surface area contributed by atoms with Crippen molar-refractivity contribution in [2.45, 2.75) is 39.3 Å². The van der Waals surface area contributed by atoms with E-state index in [-0.39, 0.29) is 18.2 Å². The van der Waals surface area contributed by atoms with Crippen LogP contribution in [0.1, 0.15) is 39.3 Å². The van der Waals surface area contributed by atoms with E-state index in [4.69, 9.17) is 4.74 Å². The van der Waals surface area contributed by atoms with E-state index in [9.17, 15) is 5.11 Å². The Labute approximate surface area is 104 Å². The molecule has 1 unspecified atom stereocenters. The highest BCUT2D eigenvalue weighted by Crippen LogP contribution is 2.21. The number of hydrogen-bond acceptors (Lipinski definition) is 3. The van der Waals surface area contributed by atoms with E-state index in [1.807, 2.05) is 52.0 Å². The van der Waals surface area contributed by atoms with E-state index in [2.05, 4.69) is 5.32 Å². The SMILES string of the molecule is CCNC(CO)c1ccc(OC(C)(C)C)cc1. The molecule has 17 heavy (non-hydrogen) atoms. The molecule has 0 aliphatic rings. The zero-order chi connectivity index (χ0) is 12.9. The summed E-state index contributed by atoms with van der Waals surface area (Å²) in [6.45, 7) is 9.04. The monoisotopic (exact) mass is 237 g/mol. The predicted octanol–water partition coefficient (Wildman–Crippen LogP) is 2.51. The number of nitrogens with one attached hydrogen (secondary N) is 1. The number of rotatable bonds is 5. The summed E-state index contributed by atoms with van der Waals surface area (Å²) in [7, 11) is 0. The lowest BCUT2D eigenvalue weighted by molar-refractivity contribution is 0.131. The maximum Gasteiger partial charge on any atom is 0.120 e. The fraction of sp³-hybridized carbons (Fsp3) is 0.571. The van der Waals surface area contributed by atoms with Crippen LogP contribution in [-0.2, 0) is 0 Å².